The fourth-order valence-corrected chi connectivity index (χ4v) is 4.49. The monoisotopic (exact) mass is 626 g/mol. The van der Waals surface area contributed by atoms with Crippen LogP contribution >= 0.6 is 0 Å². The van der Waals surface area contributed by atoms with E-state index in [1.165, 1.54) is 26.1 Å². The molecule has 1 atom stereocenters. The third-order valence-electron chi connectivity index (χ3n) is 5.79. The summed E-state index contributed by atoms with van der Waals surface area (Å²) >= 11 is 0. The molecule has 1 unspecified atom stereocenters. The van der Waals surface area contributed by atoms with Crippen LogP contribution in [0, 0.1) is 12.1 Å². The molecule has 3 aromatic rings. The maximum atomic E-state index is 13.5. The van der Waals surface area contributed by atoms with E-state index in [0.717, 1.165) is 33.5 Å². The van der Waals surface area contributed by atoms with E-state index in [4.69, 9.17) is 9.57 Å². The molecule has 1 N–H and O–H groups in total. The number of hydrogen-bond donors (Lipinski definition) is 1. The molecule has 13 nitrogen and oxygen atoms in total. The quantitative estimate of drug-likeness (QED) is 0.103. The van der Waals surface area contributed by atoms with Crippen LogP contribution in [0.15, 0.2) is 64.8 Å². The molecule has 43 heavy (non-hydrogen) atoms. The highest BCUT2D eigenvalue weighted by molar-refractivity contribution is 7.90. The highest BCUT2D eigenvalue weighted by atomic mass is 32.2. The average Bonchev–Trinajstić information content (AvgIpc) is 3.41. The maximum absolute atomic E-state index is 13.5. The van der Waals surface area contributed by atoms with Crippen molar-refractivity contribution < 1.29 is 45.7 Å². The number of rotatable bonds is 12. The van der Waals surface area contributed by atoms with Crippen molar-refractivity contribution in [1.82, 2.24) is 19.5 Å². The standard InChI is InChI=1S/C26H29F3N6O7S/c1-5-25(37)41-18(3)42-32-35(38)33(4)15-14-24(36)31-43(39,40)21-12-10-20(11-13-21)34-22(16-23(30-34)26(27,28)29)19-8-6-17(2)7-9-19/h6-13,16,18H,5,14-15H2,1-4H3,(H,31,36)/b35-32+. The number of ether oxygens (including phenoxy) is 1. The Hall–Kier alpha value is -4.67. The van der Waals surface area contributed by atoms with E-state index in [1.807, 2.05) is 11.6 Å². The Labute approximate surface area is 245 Å². The molecule has 0 aliphatic rings. The Morgan fingerprint density at radius 1 is 1.16 bits per heavy atom. The summed E-state index contributed by atoms with van der Waals surface area (Å²) in [6, 6.07) is 12.4. The molecule has 0 spiro atoms. The van der Waals surface area contributed by atoms with Crippen molar-refractivity contribution in [3.05, 3.63) is 71.1 Å². The molecule has 3 rings (SSSR count). The molecule has 1 amide bonds. The average molecular weight is 627 g/mol. The summed E-state index contributed by atoms with van der Waals surface area (Å²) < 4.78 is 73.6. The first kappa shape index (κ1) is 32.8. The van der Waals surface area contributed by atoms with E-state index >= 15 is 0 Å². The van der Waals surface area contributed by atoms with Gasteiger partial charge in [-0.2, -0.15) is 18.3 Å². The molecule has 0 fully saturated rings. The van der Waals surface area contributed by atoms with Crippen molar-refractivity contribution in [3.8, 4) is 16.9 Å². The van der Waals surface area contributed by atoms with E-state index in [9.17, 15) is 36.4 Å². The van der Waals surface area contributed by atoms with Crippen LogP contribution in [0.1, 0.15) is 37.9 Å². The minimum absolute atomic E-state index is 0.0128. The number of aryl methyl sites for hydroxylation is 1. The van der Waals surface area contributed by atoms with Gasteiger partial charge in [-0.05, 0) is 37.3 Å². The van der Waals surface area contributed by atoms with Crippen LogP contribution in [0.4, 0.5) is 13.2 Å². The second kappa shape index (κ2) is 13.5. The van der Waals surface area contributed by atoms with Crippen LogP contribution in [0.2, 0.25) is 0 Å². The number of esters is 1. The molecule has 232 valence electrons. The largest absolute Gasteiger partial charge is 0.569 e. The Morgan fingerprint density at radius 2 is 1.79 bits per heavy atom. The molecule has 0 bridgehead atoms. The van der Waals surface area contributed by atoms with Crippen molar-refractivity contribution in [2.45, 2.75) is 51.0 Å². The van der Waals surface area contributed by atoms with Gasteiger partial charge in [-0.25, -0.2) is 17.8 Å². The van der Waals surface area contributed by atoms with Gasteiger partial charge in [-0.15, -0.1) is 5.01 Å². The Balaban J connectivity index is 1.68. The molecule has 2 aromatic carbocycles. The first-order valence-corrected chi connectivity index (χ1v) is 14.2. The summed E-state index contributed by atoms with van der Waals surface area (Å²) in [5, 5.41) is 19.7. The summed E-state index contributed by atoms with van der Waals surface area (Å²) in [7, 11) is -3.11. The lowest BCUT2D eigenvalue weighted by molar-refractivity contribution is -0.707. The number of aromatic nitrogens is 2. The van der Waals surface area contributed by atoms with Crippen LogP contribution in [0.3, 0.4) is 0 Å². The highest BCUT2D eigenvalue weighted by Gasteiger charge is 2.35. The summed E-state index contributed by atoms with van der Waals surface area (Å²) in [6.45, 7) is 4.48. The first-order valence-electron chi connectivity index (χ1n) is 12.8. The fourth-order valence-electron chi connectivity index (χ4n) is 3.48. The minimum atomic E-state index is -4.71. The van der Waals surface area contributed by atoms with Crippen LogP contribution in [0.25, 0.3) is 16.9 Å². The van der Waals surface area contributed by atoms with Crippen LogP contribution in [-0.2, 0) is 35.4 Å². The number of hydrazine groups is 1. The van der Waals surface area contributed by atoms with E-state index in [-0.39, 0.29) is 34.2 Å². The van der Waals surface area contributed by atoms with Gasteiger partial charge in [0.2, 0.25) is 11.2 Å². The van der Waals surface area contributed by atoms with Gasteiger partial charge in [0, 0.05) is 18.9 Å². The zero-order chi connectivity index (χ0) is 31.9. The van der Waals surface area contributed by atoms with Gasteiger partial charge < -0.3 is 9.94 Å². The SMILES string of the molecule is CCC(=O)OC(C)O/N=[N+](/[O-])N(C)CCC(=O)NS(=O)(=O)c1ccc(-n2nc(C(F)(F)F)cc2-c2ccc(C)cc2)cc1. The number of nitrogens with one attached hydrogen (secondary N) is 1. The lowest BCUT2D eigenvalue weighted by Gasteiger charge is -2.14. The van der Waals surface area contributed by atoms with Crippen LogP contribution in [0.5, 0.6) is 0 Å². The van der Waals surface area contributed by atoms with Crippen molar-refractivity contribution in [1.29, 1.82) is 0 Å². The number of hydrogen-bond acceptors (Lipinski definition) is 9. The van der Waals surface area contributed by atoms with Gasteiger partial charge in [-0.3, -0.25) is 14.4 Å². The van der Waals surface area contributed by atoms with E-state index in [2.05, 4.69) is 10.4 Å². The topological polar surface area (TPSA) is 158 Å². The molecule has 17 heteroatoms. The second-order valence-corrected chi connectivity index (χ2v) is 10.9. The second-order valence-electron chi connectivity index (χ2n) is 9.20. The van der Waals surface area contributed by atoms with E-state index < -0.39 is 46.5 Å². The third kappa shape index (κ3) is 8.91. The number of carbonyl (C=O) groups excluding carboxylic acids is 2. The van der Waals surface area contributed by atoms with Crippen molar-refractivity contribution in [2.24, 2.45) is 5.28 Å². The van der Waals surface area contributed by atoms with Gasteiger partial charge in [0.25, 0.3) is 16.3 Å². The van der Waals surface area contributed by atoms with Gasteiger partial charge >= 0.3 is 12.1 Å². The molecular weight excluding hydrogens is 597 g/mol. The lowest BCUT2D eigenvalue weighted by Crippen LogP contribution is -2.35. The predicted molar refractivity (Wildman–Crippen MR) is 144 cm³/mol. The van der Waals surface area contributed by atoms with Gasteiger partial charge in [-0.1, -0.05) is 36.8 Å². The molecule has 1 heterocycles. The number of amides is 1. The van der Waals surface area contributed by atoms with Crippen molar-refractivity contribution in [2.75, 3.05) is 13.6 Å². The number of halogens is 3. The molecular formula is C26H29F3N6O7S. The summed E-state index contributed by atoms with van der Waals surface area (Å²) in [4.78, 5) is 27.9. The smallest absolute Gasteiger partial charge is 0.435 e. The van der Waals surface area contributed by atoms with Crippen molar-refractivity contribution in [3.63, 3.8) is 0 Å². The minimum Gasteiger partial charge on any atom is -0.569 e. The zero-order valence-corrected chi connectivity index (χ0v) is 24.3. The molecule has 0 radical (unpaired) electrons. The normalized spacial score (nSPS) is 12.9. The Bertz CT molecular complexity index is 1570. The lowest BCUT2D eigenvalue weighted by atomic mass is 10.1. The molecule has 0 aliphatic carbocycles. The zero-order valence-electron chi connectivity index (χ0n) is 23.5. The van der Waals surface area contributed by atoms with E-state index in [1.54, 1.807) is 31.2 Å². The molecule has 0 aliphatic heterocycles. The van der Waals surface area contributed by atoms with Crippen molar-refractivity contribution >= 4 is 21.9 Å². The number of carbonyl (C=O) groups is 2. The van der Waals surface area contributed by atoms with Gasteiger partial charge in [0.15, 0.2) is 5.69 Å². The molecule has 1 aromatic heterocycles. The highest BCUT2D eigenvalue weighted by Crippen LogP contribution is 2.33. The number of nitrogens with zero attached hydrogens (tertiary/aromatic N) is 5. The summed E-state index contributed by atoms with van der Waals surface area (Å²) in [6.07, 6.45) is -6.18. The predicted octanol–water partition coefficient (Wildman–Crippen LogP) is 4.10. The number of benzene rings is 2. The summed E-state index contributed by atoms with van der Waals surface area (Å²) in [5.74, 6) is -1.51. The fraction of sp³-hybridized carbons (Fsp3) is 0.346. The third-order valence-corrected chi connectivity index (χ3v) is 7.18. The molecule has 0 saturated carbocycles. The Kier molecular flexibility index (Phi) is 10.3. The maximum Gasteiger partial charge on any atom is 0.435 e. The number of sulfonamides is 1. The van der Waals surface area contributed by atoms with Crippen LogP contribution in [-0.4, -0.2) is 59.9 Å². The Morgan fingerprint density at radius 3 is 2.37 bits per heavy atom. The van der Waals surface area contributed by atoms with Gasteiger partial charge in [0.05, 0.1) is 41.3 Å². The first-order chi connectivity index (χ1) is 20.1. The van der Waals surface area contributed by atoms with Gasteiger partial charge in [0.1, 0.15) is 0 Å². The number of alkyl halides is 3. The summed E-state index contributed by atoms with van der Waals surface area (Å²) in [5.41, 5.74) is 0.541. The van der Waals surface area contributed by atoms with E-state index in [0.29, 0.717) is 5.56 Å². The molecule has 0 saturated heterocycles. The van der Waals surface area contributed by atoms with Crippen LogP contribution < -0.4 is 4.72 Å².